The van der Waals surface area contributed by atoms with E-state index >= 15 is 0 Å². The van der Waals surface area contributed by atoms with Crippen molar-refractivity contribution in [3.8, 4) is 0 Å². The van der Waals surface area contributed by atoms with Crippen molar-refractivity contribution in [1.82, 2.24) is 15.0 Å². The van der Waals surface area contributed by atoms with Crippen molar-refractivity contribution in [3.63, 3.8) is 0 Å². The minimum Gasteiger partial charge on any atom is -0.339 e. The van der Waals surface area contributed by atoms with Crippen LogP contribution in [-0.4, -0.2) is 34.2 Å². The summed E-state index contributed by atoms with van der Waals surface area (Å²) in [5.74, 6) is 2.35. The summed E-state index contributed by atoms with van der Waals surface area (Å²) in [5.41, 5.74) is 2.72. The molecule has 2 aliphatic heterocycles. The fourth-order valence-corrected chi connectivity index (χ4v) is 4.41. The highest BCUT2D eigenvalue weighted by atomic mass is 16.5. The minimum atomic E-state index is 0.313. The van der Waals surface area contributed by atoms with Crippen LogP contribution in [0.2, 0.25) is 0 Å². The molecule has 1 aromatic carbocycles. The Balaban J connectivity index is 1.76. The van der Waals surface area contributed by atoms with Crippen molar-refractivity contribution in [3.05, 3.63) is 47.1 Å². The monoisotopic (exact) mass is 297 g/mol. The molecule has 0 radical (unpaired) electrons. The molecule has 3 heterocycles. The van der Waals surface area contributed by atoms with E-state index in [1.54, 1.807) is 0 Å². The standard InChI is InChI=1S/C18H23N3O/c1-11-4-6-13(7-5-11)15-10-14-8-9-16(21(14)3)17(15)18-19-12(2)20-22-18/h4-7,14-17H,8-10H2,1-3H3/t14-,15-,16+,17+/m0/s1. The molecule has 0 unspecified atom stereocenters. The Hall–Kier alpha value is -1.68. The molecule has 4 nitrogen and oxygen atoms in total. The first-order valence-electron chi connectivity index (χ1n) is 8.22. The van der Waals surface area contributed by atoms with Gasteiger partial charge in [-0.2, -0.15) is 4.98 Å². The van der Waals surface area contributed by atoms with Crippen LogP contribution in [-0.2, 0) is 0 Å². The Labute approximate surface area is 131 Å². The first kappa shape index (κ1) is 13.9. The zero-order valence-corrected chi connectivity index (χ0v) is 13.5. The van der Waals surface area contributed by atoms with Crippen LogP contribution in [0, 0.1) is 13.8 Å². The predicted molar refractivity (Wildman–Crippen MR) is 84.9 cm³/mol. The average Bonchev–Trinajstić information content (AvgIpc) is 3.02. The molecule has 2 fully saturated rings. The minimum absolute atomic E-state index is 0.313. The maximum absolute atomic E-state index is 5.59. The van der Waals surface area contributed by atoms with Crippen molar-refractivity contribution >= 4 is 0 Å². The number of piperidine rings is 1. The van der Waals surface area contributed by atoms with E-state index in [1.807, 2.05) is 6.92 Å². The number of fused-ring (bicyclic) bond motifs is 2. The normalized spacial score (nSPS) is 31.6. The van der Waals surface area contributed by atoms with E-state index in [1.165, 1.54) is 30.4 Å². The zero-order valence-electron chi connectivity index (χ0n) is 13.5. The molecule has 0 amide bonds. The third kappa shape index (κ3) is 2.17. The summed E-state index contributed by atoms with van der Waals surface area (Å²) in [6, 6.07) is 10.2. The molecule has 0 spiro atoms. The van der Waals surface area contributed by atoms with Gasteiger partial charge in [0.05, 0.1) is 5.92 Å². The van der Waals surface area contributed by atoms with E-state index in [4.69, 9.17) is 4.52 Å². The van der Waals surface area contributed by atoms with Crippen LogP contribution < -0.4 is 0 Å². The van der Waals surface area contributed by atoms with Gasteiger partial charge in [0, 0.05) is 12.1 Å². The molecule has 2 bridgehead atoms. The van der Waals surface area contributed by atoms with Gasteiger partial charge in [-0.15, -0.1) is 0 Å². The van der Waals surface area contributed by atoms with Gasteiger partial charge in [-0.1, -0.05) is 35.0 Å². The molecule has 22 heavy (non-hydrogen) atoms. The lowest BCUT2D eigenvalue weighted by Crippen LogP contribution is -2.44. The topological polar surface area (TPSA) is 42.2 Å². The number of nitrogens with zero attached hydrogens (tertiary/aromatic N) is 3. The van der Waals surface area contributed by atoms with Crippen molar-refractivity contribution in [2.75, 3.05) is 7.05 Å². The Bertz CT molecular complexity index is 663. The zero-order chi connectivity index (χ0) is 15.3. The fourth-order valence-electron chi connectivity index (χ4n) is 4.41. The van der Waals surface area contributed by atoms with Crippen LogP contribution in [0.5, 0.6) is 0 Å². The van der Waals surface area contributed by atoms with E-state index in [9.17, 15) is 0 Å². The van der Waals surface area contributed by atoms with Gasteiger partial charge in [0.1, 0.15) is 0 Å². The smallest absolute Gasteiger partial charge is 0.231 e. The maximum atomic E-state index is 5.59. The summed E-state index contributed by atoms with van der Waals surface area (Å²) < 4.78 is 5.59. The van der Waals surface area contributed by atoms with Crippen molar-refractivity contribution < 1.29 is 4.52 Å². The highest BCUT2D eigenvalue weighted by molar-refractivity contribution is 5.30. The van der Waals surface area contributed by atoms with Gasteiger partial charge in [0.15, 0.2) is 5.82 Å². The Kier molecular flexibility index (Phi) is 3.30. The molecule has 2 aliphatic rings. The maximum Gasteiger partial charge on any atom is 0.231 e. The molecular weight excluding hydrogens is 274 g/mol. The molecule has 4 heteroatoms. The average molecular weight is 297 g/mol. The first-order valence-corrected chi connectivity index (χ1v) is 8.22. The molecule has 2 aromatic rings. The van der Waals surface area contributed by atoms with Crippen molar-refractivity contribution in [2.45, 2.75) is 57.0 Å². The van der Waals surface area contributed by atoms with Crippen LogP contribution in [0.15, 0.2) is 28.8 Å². The SMILES string of the molecule is Cc1ccc([C@@H]2C[C@@H]3CC[C@H]([C@@H]2c2nc(C)no2)N3C)cc1. The summed E-state index contributed by atoms with van der Waals surface area (Å²) in [5, 5.41) is 4.04. The molecule has 1 aromatic heterocycles. The fraction of sp³-hybridized carbons (Fsp3) is 0.556. The van der Waals surface area contributed by atoms with E-state index in [0.717, 1.165) is 11.7 Å². The van der Waals surface area contributed by atoms with Crippen LogP contribution in [0.25, 0.3) is 0 Å². The first-order chi connectivity index (χ1) is 10.6. The van der Waals surface area contributed by atoms with E-state index in [-0.39, 0.29) is 0 Å². The van der Waals surface area contributed by atoms with Crippen LogP contribution in [0.4, 0.5) is 0 Å². The Morgan fingerprint density at radius 2 is 1.91 bits per heavy atom. The number of rotatable bonds is 2. The molecule has 0 saturated carbocycles. The highest BCUT2D eigenvalue weighted by Crippen LogP contribution is 2.50. The summed E-state index contributed by atoms with van der Waals surface area (Å²) in [4.78, 5) is 7.11. The number of likely N-dealkylation sites (N-methyl/N-ethyl adjacent to an activating group) is 1. The van der Waals surface area contributed by atoms with Crippen LogP contribution >= 0.6 is 0 Å². The summed E-state index contributed by atoms with van der Waals surface area (Å²) in [6.45, 7) is 4.04. The lowest BCUT2D eigenvalue weighted by Gasteiger charge is -2.41. The summed E-state index contributed by atoms with van der Waals surface area (Å²) in [6.07, 6.45) is 3.70. The van der Waals surface area contributed by atoms with Gasteiger partial charge < -0.3 is 4.52 Å². The summed E-state index contributed by atoms with van der Waals surface area (Å²) in [7, 11) is 2.25. The number of aryl methyl sites for hydroxylation is 2. The Morgan fingerprint density at radius 1 is 1.14 bits per heavy atom. The highest BCUT2D eigenvalue weighted by Gasteiger charge is 2.48. The second-order valence-corrected chi connectivity index (χ2v) is 6.92. The molecule has 2 saturated heterocycles. The van der Waals surface area contributed by atoms with Crippen molar-refractivity contribution in [2.24, 2.45) is 0 Å². The number of aromatic nitrogens is 2. The second-order valence-electron chi connectivity index (χ2n) is 6.92. The van der Waals surface area contributed by atoms with Gasteiger partial charge >= 0.3 is 0 Å². The Morgan fingerprint density at radius 3 is 2.59 bits per heavy atom. The number of hydrogen-bond donors (Lipinski definition) is 0. The van der Waals surface area contributed by atoms with Gasteiger partial charge in [0.2, 0.25) is 5.89 Å². The number of hydrogen-bond acceptors (Lipinski definition) is 4. The van der Waals surface area contributed by atoms with E-state index in [2.05, 4.69) is 53.3 Å². The third-order valence-corrected chi connectivity index (χ3v) is 5.60. The number of benzene rings is 1. The molecular formula is C18H23N3O. The summed E-state index contributed by atoms with van der Waals surface area (Å²) >= 11 is 0. The van der Waals surface area contributed by atoms with Crippen molar-refractivity contribution in [1.29, 1.82) is 0 Å². The van der Waals surface area contributed by atoms with E-state index in [0.29, 0.717) is 23.9 Å². The largest absolute Gasteiger partial charge is 0.339 e. The molecule has 0 aliphatic carbocycles. The molecule has 0 N–H and O–H groups in total. The quantitative estimate of drug-likeness (QED) is 0.852. The van der Waals surface area contributed by atoms with Gasteiger partial charge in [-0.25, -0.2) is 0 Å². The third-order valence-electron chi connectivity index (χ3n) is 5.60. The van der Waals surface area contributed by atoms with E-state index < -0.39 is 0 Å². The van der Waals surface area contributed by atoms with Crippen LogP contribution in [0.3, 0.4) is 0 Å². The van der Waals surface area contributed by atoms with Gasteiger partial charge in [-0.05, 0) is 51.6 Å². The molecule has 4 atom stereocenters. The molecule has 4 rings (SSSR count). The lowest BCUT2D eigenvalue weighted by atomic mass is 9.76. The van der Waals surface area contributed by atoms with Gasteiger partial charge in [0.25, 0.3) is 0 Å². The van der Waals surface area contributed by atoms with Gasteiger partial charge in [-0.3, -0.25) is 4.90 Å². The predicted octanol–water partition coefficient (Wildman–Crippen LogP) is 3.42. The second kappa shape index (κ2) is 5.20. The molecule has 116 valence electrons. The lowest BCUT2D eigenvalue weighted by molar-refractivity contribution is 0.120. The van der Waals surface area contributed by atoms with Crippen LogP contribution in [0.1, 0.15) is 53.9 Å².